The SMILES string of the molecule is CCCCCCCC(=O)OC[C@@H](CO)OC(=O)CCc1cccc(I)c1. The second-order valence-corrected chi connectivity index (χ2v) is 7.52. The molecule has 0 fully saturated rings. The molecular formula is C20H29IO5. The van der Waals surface area contributed by atoms with E-state index in [9.17, 15) is 14.7 Å². The number of esters is 2. The minimum atomic E-state index is -0.803. The largest absolute Gasteiger partial charge is 0.462 e. The molecule has 0 saturated carbocycles. The van der Waals surface area contributed by atoms with E-state index in [0.717, 1.165) is 34.8 Å². The summed E-state index contributed by atoms with van der Waals surface area (Å²) < 4.78 is 11.4. The van der Waals surface area contributed by atoms with E-state index in [1.807, 2.05) is 24.3 Å². The minimum absolute atomic E-state index is 0.0979. The van der Waals surface area contributed by atoms with Gasteiger partial charge in [-0.15, -0.1) is 0 Å². The number of aliphatic hydroxyl groups is 1. The predicted octanol–water partition coefficient (Wildman–Crippen LogP) is 4.03. The highest BCUT2D eigenvalue weighted by molar-refractivity contribution is 14.1. The number of aliphatic hydroxyl groups excluding tert-OH is 1. The molecule has 0 aliphatic heterocycles. The summed E-state index contributed by atoms with van der Waals surface area (Å²) in [6, 6.07) is 7.91. The van der Waals surface area contributed by atoms with E-state index in [-0.39, 0.29) is 25.6 Å². The van der Waals surface area contributed by atoms with Crippen molar-refractivity contribution in [2.24, 2.45) is 0 Å². The molecule has 1 N–H and O–H groups in total. The van der Waals surface area contributed by atoms with Gasteiger partial charge in [-0.25, -0.2) is 0 Å². The van der Waals surface area contributed by atoms with Crippen LogP contribution in [-0.2, 0) is 25.5 Å². The van der Waals surface area contributed by atoms with Gasteiger partial charge in [-0.3, -0.25) is 9.59 Å². The number of carbonyl (C=O) groups excluding carboxylic acids is 2. The monoisotopic (exact) mass is 476 g/mol. The van der Waals surface area contributed by atoms with Crippen LogP contribution in [0.3, 0.4) is 0 Å². The molecule has 6 heteroatoms. The average Bonchev–Trinajstić information content (AvgIpc) is 2.63. The molecule has 1 rings (SSSR count). The maximum atomic E-state index is 11.9. The molecule has 146 valence electrons. The van der Waals surface area contributed by atoms with E-state index in [1.165, 1.54) is 6.42 Å². The number of rotatable bonds is 13. The van der Waals surface area contributed by atoms with Gasteiger partial charge in [-0.1, -0.05) is 44.7 Å². The van der Waals surface area contributed by atoms with Crippen LogP contribution in [0.2, 0.25) is 0 Å². The fraction of sp³-hybridized carbons (Fsp3) is 0.600. The lowest BCUT2D eigenvalue weighted by Crippen LogP contribution is -2.28. The molecule has 0 unspecified atom stereocenters. The number of hydrogen-bond acceptors (Lipinski definition) is 5. The Morgan fingerprint density at radius 3 is 2.58 bits per heavy atom. The van der Waals surface area contributed by atoms with Crippen molar-refractivity contribution in [3.05, 3.63) is 33.4 Å². The minimum Gasteiger partial charge on any atom is -0.462 e. The lowest BCUT2D eigenvalue weighted by Gasteiger charge is -2.15. The van der Waals surface area contributed by atoms with Crippen LogP contribution in [0.1, 0.15) is 57.4 Å². The van der Waals surface area contributed by atoms with Crippen molar-refractivity contribution in [2.75, 3.05) is 13.2 Å². The predicted molar refractivity (Wildman–Crippen MR) is 109 cm³/mol. The summed E-state index contributed by atoms with van der Waals surface area (Å²) in [6.07, 6.45) is 5.65. The molecule has 0 aliphatic rings. The van der Waals surface area contributed by atoms with Gasteiger partial charge in [0, 0.05) is 16.4 Å². The fourth-order valence-corrected chi connectivity index (χ4v) is 3.05. The topological polar surface area (TPSA) is 72.8 Å². The average molecular weight is 476 g/mol. The van der Waals surface area contributed by atoms with E-state index in [0.29, 0.717) is 12.8 Å². The summed E-state index contributed by atoms with van der Waals surface area (Å²) in [5.74, 6) is -0.714. The Morgan fingerprint density at radius 2 is 1.88 bits per heavy atom. The molecule has 0 radical (unpaired) electrons. The third-order valence-electron chi connectivity index (χ3n) is 3.92. The summed E-state index contributed by atoms with van der Waals surface area (Å²) in [4.78, 5) is 23.6. The number of carbonyl (C=O) groups is 2. The summed E-state index contributed by atoms with van der Waals surface area (Å²) in [7, 11) is 0. The van der Waals surface area contributed by atoms with Gasteiger partial charge in [0.2, 0.25) is 0 Å². The molecule has 1 aromatic carbocycles. The normalized spacial score (nSPS) is 11.8. The number of unbranched alkanes of at least 4 members (excludes halogenated alkanes) is 4. The van der Waals surface area contributed by atoms with Gasteiger partial charge >= 0.3 is 11.9 Å². The number of hydrogen-bond donors (Lipinski definition) is 1. The Kier molecular flexibility index (Phi) is 12.3. The van der Waals surface area contributed by atoms with Gasteiger partial charge < -0.3 is 14.6 Å². The molecule has 1 atom stereocenters. The summed E-state index contributed by atoms with van der Waals surface area (Å²) in [5.41, 5.74) is 1.06. The Bertz CT molecular complexity index is 547. The van der Waals surface area contributed by atoms with Crippen molar-refractivity contribution in [1.29, 1.82) is 0 Å². The van der Waals surface area contributed by atoms with E-state index < -0.39 is 12.1 Å². The lowest BCUT2D eigenvalue weighted by molar-refractivity contribution is -0.161. The highest BCUT2D eigenvalue weighted by Crippen LogP contribution is 2.11. The zero-order valence-electron chi connectivity index (χ0n) is 15.4. The van der Waals surface area contributed by atoms with Crippen LogP contribution in [0.15, 0.2) is 24.3 Å². The highest BCUT2D eigenvalue weighted by Gasteiger charge is 2.16. The molecule has 5 nitrogen and oxygen atoms in total. The maximum Gasteiger partial charge on any atom is 0.306 e. The summed E-state index contributed by atoms with van der Waals surface area (Å²) >= 11 is 2.22. The number of ether oxygens (including phenoxy) is 2. The molecule has 0 bridgehead atoms. The van der Waals surface area contributed by atoms with E-state index in [4.69, 9.17) is 9.47 Å². The fourth-order valence-electron chi connectivity index (χ4n) is 2.44. The second-order valence-electron chi connectivity index (χ2n) is 6.27. The number of aryl methyl sites for hydroxylation is 1. The molecule has 0 spiro atoms. The van der Waals surface area contributed by atoms with Crippen molar-refractivity contribution in [2.45, 2.75) is 64.4 Å². The Labute approximate surface area is 169 Å². The van der Waals surface area contributed by atoms with Gasteiger partial charge in [0.05, 0.1) is 6.61 Å². The molecule has 26 heavy (non-hydrogen) atoms. The molecule has 1 aromatic rings. The molecule has 0 saturated heterocycles. The third kappa shape index (κ3) is 10.8. The molecule has 0 aromatic heterocycles. The van der Waals surface area contributed by atoms with Crippen LogP contribution in [0.25, 0.3) is 0 Å². The molecular weight excluding hydrogens is 447 g/mol. The molecule has 0 aliphatic carbocycles. The van der Waals surface area contributed by atoms with Crippen molar-refractivity contribution in [1.82, 2.24) is 0 Å². The van der Waals surface area contributed by atoms with E-state index >= 15 is 0 Å². The Balaban J connectivity index is 2.22. The van der Waals surface area contributed by atoms with E-state index in [2.05, 4.69) is 29.5 Å². The first-order chi connectivity index (χ1) is 12.5. The van der Waals surface area contributed by atoms with Crippen molar-refractivity contribution >= 4 is 34.5 Å². The first-order valence-corrected chi connectivity index (χ1v) is 10.3. The number of benzene rings is 1. The zero-order chi connectivity index (χ0) is 19.2. The van der Waals surface area contributed by atoms with Crippen LogP contribution in [0.5, 0.6) is 0 Å². The van der Waals surface area contributed by atoms with Gasteiger partial charge in [0.15, 0.2) is 6.10 Å². The van der Waals surface area contributed by atoms with Crippen LogP contribution >= 0.6 is 22.6 Å². The van der Waals surface area contributed by atoms with Crippen molar-refractivity contribution in [3.8, 4) is 0 Å². The molecule has 0 heterocycles. The zero-order valence-corrected chi connectivity index (χ0v) is 17.6. The van der Waals surface area contributed by atoms with Crippen LogP contribution in [-0.4, -0.2) is 36.4 Å². The lowest BCUT2D eigenvalue weighted by atomic mass is 10.1. The van der Waals surface area contributed by atoms with Crippen molar-refractivity contribution < 1.29 is 24.2 Å². The Morgan fingerprint density at radius 1 is 1.12 bits per heavy atom. The highest BCUT2D eigenvalue weighted by atomic mass is 127. The van der Waals surface area contributed by atoms with Crippen LogP contribution in [0, 0.1) is 3.57 Å². The first-order valence-electron chi connectivity index (χ1n) is 9.25. The smallest absolute Gasteiger partial charge is 0.306 e. The number of halogens is 1. The summed E-state index contributed by atoms with van der Waals surface area (Å²) in [6.45, 7) is 1.68. The standard InChI is InChI=1S/C20H29IO5/c1-2-3-4-5-6-10-19(23)25-15-18(14-22)26-20(24)12-11-16-8-7-9-17(21)13-16/h7-9,13,18,22H,2-6,10-12,14-15H2,1H3/t18-/m1/s1. The van der Waals surface area contributed by atoms with Gasteiger partial charge in [-0.2, -0.15) is 0 Å². The third-order valence-corrected chi connectivity index (χ3v) is 4.59. The quantitative estimate of drug-likeness (QED) is 0.265. The van der Waals surface area contributed by atoms with Crippen LogP contribution in [0.4, 0.5) is 0 Å². The van der Waals surface area contributed by atoms with E-state index in [1.54, 1.807) is 0 Å². The van der Waals surface area contributed by atoms with Crippen LogP contribution < -0.4 is 0 Å². The summed E-state index contributed by atoms with van der Waals surface area (Å²) in [5, 5.41) is 9.31. The first kappa shape index (κ1) is 22.9. The van der Waals surface area contributed by atoms with Crippen molar-refractivity contribution in [3.63, 3.8) is 0 Å². The maximum absolute atomic E-state index is 11.9. The second kappa shape index (κ2) is 14.0. The molecule has 0 amide bonds. The van der Waals surface area contributed by atoms with Gasteiger partial charge in [0.25, 0.3) is 0 Å². The van der Waals surface area contributed by atoms with Gasteiger partial charge in [0.1, 0.15) is 6.61 Å². The van der Waals surface area contributed by atoms with Gasteiger partial charge in [-0.05, 0) is 53.1 Å². The Hall–Kier alpha value is -1.15.